The van der Waals surface area contributed by atoms with Crippen LogP contribution in [0.15, 0.2) is 66.0 Å². The summed E-state index contributed by atoms with van der Waals surface area (Å²) in [5, 5.41) is 0. The van der Waals surface area contributed by atoms with Crippen molar-refractivity contribution < 1.29 is 22.6 Å². The van der Waals surface area contributed by atoms with Gasteiger partial charge in [-0.3, -0.25) is 9.71 Å². The van der Waals surface area contributed by atoms with E-state index in [1.54, 1.807) is 30.3 Å². The van der Waals surface area contributed by atoms with Crippen LogP contribution >= 0.6 is 0 Å². The van der Waals surface area contributed by atoms with Crippen molar-refractivity contribution in [1.82, 2.24) is 9.97 Å². The van der Waals surface area contributed by atoms with Crippen LogP contribution < -0.4 is 18.9 Å². The average molecular weight is 399 g/mol. The van der Waals surface area contributed by atoms with Crippen LogP contribution in [0.2, 0.25) is 0 Å². The maximum atomic E-state index is 12.8. The molecule has 9 heteroatoms. The highest BCUT2D eigenvalue weighted by atomic mass is 32.2. The molecule has 1 aromatic heterocycles. The van der Waals surface area contributed by atoms with Gasteiger partial charge in [-0.05, 0) is 24.3 Å². The van der Waals surface area contributed by atoms with Crippen molar-refractivity contribution in [2.75, 3.05) is 17.9 Å². The maximum Gasteiger partial charge on any atom is 0.262 e. The van der Waals surface area contributed by atoms with Crippen LogP contribution in [0, 0.1) is 0 Å². The van der Waals surface area contributed by atoms with Crippen LogP contribution in [0.5, 0.6) is 23.1 Å². The van der Waals surface area contributed by atoms with E-state index in [1.165, 1.54) is 30.7 Å². The van der Waals surface area contributed by atoms with Gasteiger partial charge in [0, 0.05) is 30.9 Å². The van der Waals surface area contributed by atoms with E-state index in [0.717, 1.165) is 6.42 Å². The van der Waals surface area contributed by atoms with E-state index < -0.39 is 10.0 Å². The summed E-state index contributed by atoms with van der Waals surface area (Å²) in [7, 11) is -3.82. The van der Waals surface area contributed by atoms with Crippen molar-refractivity contribution in [1.29, 1.82) is 0 Å². The molecule has 0 bridgehead atoms. The smallest absolute Gasteiger partial charge is 0.262 e. The van der Waals surface area contributed by atoms with E-state index in [0.29, 0.717) is 42.0 Å². The van der Waals surface area contributed by atoms with Gasteiger partial charge in [-0.2, -0.15) is 0 Å². The molecule has 144 valence electrons. The second-order valence-electron chi connectivity index (χ2n) is 5.94. The molecule has 4 rings (SSSR count). The molecule has 0 saturated carbocycles. The number of nitrogens with one attached hydrogen (secondary N) is 1. The van der Waals surface area contributed by atoms with Crippen molar-refractivity contribution in [3.63, 3.8) is 0 Å². The van der Waals surface area contributed by atoms with Crippen LogP contribution in [0.4, 0.5) is 5.69 Å². The molecule has 0 radical (unpaired) electrons. The van der Waals surface area contributed by atoms with Crippen molar-refractivity contribution in [2.45, 2.75) is 11.3 Å². The molecule has 1 aliphatic heterocycles. The predicted molar refractivity (Wildman–Crippen MR) is 101 cm³/mol. The number of hydrogen-bond acceptors (Lipinski definition) is 7. The summed E-state index contributed by atoms with van der Waals surface area (Å²) in [6.07, 6.45) is 5.25. The van der Waals surface area contributed by atoms with Crippen molar-refractivity contribution in [3.05, 3.63) is 61.1 Å². The van der Waals surface area contributed by atoms with Gasteiger partial charge in [-0.15, -0.1) is 0 Å². The van der Waals surface area contributed by atoms with Gasteiger partial charge in [0.2, 0.25) is 5.88 Å². The molecule has 0 saturated heterocycles. The first-order chi connectivity index (χ1) is 13.6. The highest BCUT2D eigenvalue weighted by Gasteiger charge is 2.19. The van der Waals surface area contributed by atoms with Crippen LogP contribution in [0.25, 0.3) is 0 Å². The Morgan fingerprint density at radius 2 is 1.86 bits per heavy atom. The van der Waals surface area contributed by atoms with E-state index in [1.807, 2.05) is 0 Å². The largest absolute Gasteiger partial charge is 0.490 e. The Bertz CT molecular complexity index is 1070. The van der Waals surface area contributed by atoms with Gasteiger partial charge in [0.1, 0.15) is 5.75 Å². The minimum atomic E-state index is -3.82. The summed E-state index contributed by atoms with van der Waals surface area (Å²) < 4.78 is 44.8. The third kappa shape index (κ3) is 4.15. The summed E-state index contributed by atoms with van der Waals surface area (Å²) >= 11 is 0. The molecule has 28 heavy (non-hydrogen) atoms. The number of fused-ring (bicyclic) bond motifs is 1. The van der Waals surface area contributed by atoms with E-state index >= 15 is 0 Å². The summed E-state index contributed by atoms with van der Waals surface area (Å²) in [6, 6.07) is 11.1. The predicted octanol–water partition coefficient (Wildman–Crippen LogP) is 3.23. The molecule has 8 nitrogen and oxygen atoms in total. The minimum Gasteiger partial charge on any atom is -0.490 e. The quantitative estimate of drug-likeness (QED) is 0.703. The Balaban J connectivity index is 1.55. The highest BCUT2D eigenvalue weighted by Crippen LogP contribution is 2.32. The zero-order valence-electron chi connectivity index (χ0n) is 14.7. The SMILES string of the molecule is O=S(=O)(Nc1cccc(Oc2cnccn2)c1)c1ccc2c(c1)OCCCO2. The summed E-state index contributed by atoms with van der Waals surface area (Å²) in [4.78, 5) is 8.03. The molecular weight excluding hydrogens is 382 g/mol. The Morgan fingerprint density at radius 3 is 2.68 bits per heavy atom. The topological polar surface area (TPSA) is 99.6 Å². The molecule has 0 aliphatic carbocycles. The fourth-order valence-corrected chi connectivity index (χ4v) is 3.67. The third-order valence-electron chi connectivity index (χ3n) is 3.88. The lowest BCUT2D eigenvalue weighted by Gasteiger charge is -2.12. The normalized spacial score (nSPS) is 13.4. The zero-order chi connectivity index (χ0) is 19.4. The number of aromatic nitrogens is 2. The highest BCUT2D eigenvalue weighted by molar-refractivity contribution is 7.92. The number of benzene rings is 2. The molecule has 3 aromatic rings. The first-order valence-electron chi connectivity index (χ1n) is 8.57. The number of sulfonamides is 1. The molecule has 0 amide bonds. The lowest BCUT2D eigenvalue weighted by Crippen LogP contribution is -2.13. The zero-order valence-corrected chi connectivity index (χ0v) is 15.6. The van der Waals surface area contributed by atoms with Gasteiger partial charge in [0.15, 0.2) is 11.5 Å². The summed E-state index contributed by atoms with van der Waals surface area (Å²) in [5.74, 6) is 1.70. The molecule has 0 unspecified atom stereocenters. The van der Waals surface area contributed by atoms with Crippen molar-refractivity contribution in [3.8, 4) is 23.1 Å². The van der Waals surface area contributed by atoms with Gasteiger partial charge < -0.3 is 14.2 Å². The second kappa shape index (κ2) is 7.73. The summed E-state index contributed by atoms with van der Waals surface area (Å²) in [6.45, 7) is 1.02. The molecule has 2 heterocycles. The Labute approximate surface area is 162 Å². The Hall–Kier alpha value is -3.33. The molecule has 0 spiro atoms. The fraction of sp³-hybridized carbons (Fsp3) is 0.158. The van der Waals surface area contributed by atoms with Crippen LogP contribution in [-0.2, 0) is 10.0 Å². The molecule has 0 fully saturated rings. The van der Waals surface area contributed by atoms with Crippen LogP contribution in [0.1, 0.15) is 6.42 Å². The molecule has 1 N–H and O–H groups in total. The first kappa shape index (κ1) is 18.1. The van der Waals surface area contributed by atoms with Gasteiger partial charge in [0.25, 0.3) is 10.0 Å². The van der Waals surface area contributed by atoms with E-state index in [4.69, 9.17) is 14.2 Å². The van der Waals surface area contributed by atoms with Crippen molar-refractivity contribution >= 4 is 15.7 Å². The van der Waals surface area contributed by atoms with Gasteiger partial charge in [-0.1, -0.05) is 6.07 Å². The average Bonchev–Trinajstić information content (AvgIpc) is 2.93. The number of rotatable bonds is 5. The number of ether oxygens (including phenoxy) is 3. The number of anilines is 1. The molecule has 1 aliphatic rings. The van der Waals surface area contributed by atoms with Gasteiger partial charge >= 0.3 is 0 Å². The molecule has 2 aromatic carbocycles. The van der Waals surface area contributed by atoms with E-state index in [9.17, 15) is 8.42 Å². The maximum absolute atomic E-state index is 12.8. The lowest BCUT2D eigenvalue weighted by atomic mass is 10.3. The van der Waals surface area contributed by atoms with Crippen LogP contribution in [-0.4, -0.2) is 31.6 Å². The Kier molecular flexibility index (Phi) is 4.98. The monoisotopic (exact) mass is 399 g/mol. The molecule has 0 atom stereocenters. The van der Waals surface area contributed by atoms with E-state index in [-0.39, 0.29) is 4.90 Å². The minimum absolute atomic E-state index is 0.0806. The first-order valence-corrected chi connectivity index (χ1v) is 10.0. The fourth-order valence-electron chi connectivity index (χ4n) is 2.61. The lowest BCUT2D eigenvalue weighted by molar-refractivity contribution is 0.297. The summed E-state index contributed by atoms with van der Waals surface area (Å²) in [5.41, 5.74) is 0.355. The second-order valence-corrected chi connectivity index (χ2v) is 7.62. The van der Waals surface area contributed by atoms with Gasteiger partial charge in [0.05, 0.1) is 30.0 Å². The van der Waals surface area contributed by atoms with Crippen molar-refractivity contribution in [2.24, 2.45) is 0 Å². The third-order valence-corrected chi connectivity index (χ3v) is 5.26. The van der Waals surface area contributed by atoms with E-state index in [2.05, 4.69) is 14.7 Å². The molecular formula is C19H17N3O5S. The number of nitrogens with zero attached hydrogens (tertiary/aromatic N) is 2. The van der Waals surface area contributed by atoms with Gasteiger partial charge in [-0.25, -0.2) is 13.4 Å². The standard InChI is InChI=1S/C19H17N3O5S/c23-28(24,16-5-6-17-18(12-16)26-10-2-9-25-17)22-14-3-1-4-15(11-14)27-19-13-20-7-8-21-19/h1,3-8,11-13,22H,2,9-10H2. The number of hydrogen-bond donors (Lipinski definition) is 1. The van der Waals surface area contributed by atoms with Crippen LogP contribution in [0.3, 0.4) is 0 Å². The Morgan fingerprint density at radius 1 is 1.00 bits per heavy atom.